The van der Waals surface area contributed by atoms with E-state index in [1.807, 2.05) is 37.3 Å². The molecule has 2 N–H and O–H groups in total. The zero-order chi connectivity index (χ0) is 20.0. The number of aryl methyl sites for hydroxylation is 1. The number of hydrogen-bond acceptors (Lipinski definition) is 3. The Morgan fingerprint density at radius 3 is 2.46 bits per heavy atom. The van der Waals surface area contributed by atoms with Crippen LogP contribution in [0.4, 0.5) is 0 Å². The van der Waals surface area contributed by atoms with E-state index in [9.17, 15) is 13.2 Å². The second kappa shape index (κ2) is 9.34. The number of hydrogen-bond donors (Lipinski definition) is 2. The highest BCUT2D eigenvalue weighted by Crippen LogP contribution is 2.20. The smallest absolute Gasteiger partial charge is 0.251 e. The van der Waals surface area contributed by atoms with Crippen LogP contribution in [0.1, 0.15) is 53.6 Å². The van der Waals surface area contributed by atoms with E-state index in [1.165, 1.54) is 12.5 Å². The Balaban J connectivity index is 1.67. The van der Waals surface area contributed by atoms with Crippen molar-refractivity contribution in [1.82, 2.24) is 10.0 Å². The minimum absolute atomic E-state index is 0.125. The van der Waals surface area contributed by atoms with Gasteiger partial charge in [-0.25, -0.2) is 13.1 Å². The third-order valence-electron chi connectivity index (χ3n) is 5.25. The highest BCUT2D eigenvalue weighted by atomic mass is 32.2. The van der Waals surface area contributed by atoms with Gasteiger partial charge in [0.25, 0.3) is 5.91 Å². The Labute approximate surface area is 167 Å². The van der Waals surface area contributed by atoms with Crippen LogP contribution in [0, 0.1) is 6.92 Å². The van der Waals surface area contributed by atoms with Crippen molar-refractivity contribution in [2.24, 2.45) is 0 Å². The molecule has 1 amide bonds. The van der Waals surface area contributed by atoms with Crippen molar-refractivity contribution in [3.63, 3.8) is 0 Å². The van der Waals surface area contributed by atoms with Gasteiger partial charge in [-0.05, 0) is 49.4 Å². The van der Waals surface area contributed by atoms with Gasteiger partial charge in [0.2, 0.25) is 10.0 Å². The molecule has 2 aromatic carbocycles. The lowest BCUT2D eigenvalue weighted by molar-refractivity contribution is 0.0927. The van der Waals surface area contributed by atoms with E-state index >= 15 is 0 Å². The molecule has 0 bridgehead atoms. The van der Waals surface area contributed by atoms with Crippen LogP contribution in [-0.4, -0.2) is 26.9 Å². The van der Waals surface area contributed by atoms with E-state index in [0.29, 0.717) is 18.5 Å². The fraction of sp³-hybridized carbons (Fsp3) is 0.409. The predicted molar refractivity (Wildman–Crippen MR) is 111 cm³/mol. The van der Waals surface area contributed by atoms with Gasteiger partial charge in [0, 0.05) is 18.2 Å². The molecule has 5 nitrogen and oxygen atoms in total. The van der Waals surface area contributed by atoms with Crippen molar-refractivity contribution in [2.45, 2.75) is 56.4 Å². The number of benzene rings is 2. The maximum Gasteiger partial charge on any atom is 0.251 e. The number of amides is 1. The molecule has 1 aliphatic carbocycles. The highest BCUT2D eigenvalue weighted by molar-refractivity contribution is 7.89. The highest BCUT2D eigenvalue weighted by Gasteiger charge is 2.20. The van der Waals surface area contributed by atoms with E-state index < -0.39 is 10.0 Å². The molecule has 3 rings (SSSR count). The Morgan fingerprint density at radius 1 is 1.04 bits per heavy atom. The summed E-state index contributed by atoms with van der Waals surface area (Å²) in [5.74, 6) is -0.189. The summed E-state index contributed by atoms with van der Waals surface area (Å²) < 4.78 is 27.9. The lowest BCUT2D eigenvalue weighted by Crippen LogP contribution is -2.36. The zero-order valence-electron chi connectivity index (χ0n) is 16.3. The molecule has 0 aromatic heterocycles. The summed E-state index contributed by atoms with van der Waals surface area (Å²) in [6, 6.07) is 14.6. The van der Waals surface area contributed by atoms with E-state index in [-0.39, 0.29) is 16.8 Å². The van der Waals surface area contributed by atoms with E-state index in [0.717, 1.165) is 36.8 Å². The Hall–Kier alpha value is -2.18. The van der Waals surface area contributed by atoms with Gasteiger partial charge >= 0.3 is 0 Å². The van der Waals surface area contributed by atoms with Gasteiger partial charge in [0.1, 0.15) is 0 Å². The summed E-state index contributed by atoms with van der Waals surface area (Å²) in [7, 11) is -3.67. The first-order chi connectivity index (χ1) is 13.5. The maximum absolute atomic E-state index is 12.7. The molecule has 0 heterocycles. The lowest BCUT2D eigenvalue weighted by Gasteiger charge is -2.23. The molecule has 28 heavy (non-hydrogen) atoms. The number of sulfonamides is 1. The van der Waals surface area contributed by atoms with Crippen molar-refractivity contribution in [3.05, 3.63) is 65.2 Å². The van der Waals surface area contributed by atoms with Gasteiger partial charge in [-0.1, -0.05) is 55.7 Å². The number of nitrogens with one attached hydrogen (secondary N) is 2. The quantitative estimate of drug-likeness (QED) is 0.746. The van der Waals surface area contributed by atoms with Crippen molar-refractivity contribution in [2.75, 3.05) is 6.54 Å². The molecule has 6 heteroatoms. The average Bonchev–Trinajstić information content (AvgIpc) is 2.69. The molecule has 0 unspecified atom stereocenters. The molecule has 0 atom stereocenters. The molecular weight excluding hydrogens is 372 g/mol. The second-order valence-electron chi connectivity index (χ2n) is 7.42. The maximum atomic E-state index is 12.7. The summed E-state index contributed by atoms with van der Waals surface area (Å²) in [4.78, 5) is 12.8. The minimum Gasteiger partial charge on any atom is -0.349 e. The van der Waals surface area contributed by atoms with Crippen LogP contribution in [0.5, 0.6) is 0 Å². The van der Waals surface area contributed by atoms with Crippen molar-refractivity contribution < 1.29 is 13.2 Å². The third kappa shape index (κ3) is 5.42. The predicted octanol–water partition coefficient (Wildman–Crippen LogP) is 3.58. The zero-order valence-corrected chi connectivity index (χ0v) is 17.1. The summed E-state index contributed by atoms with van der Waals surface area (Å²) in [6.45, 7) is 2.14. The molecule has 0 saturated heterocycles. The van der Waals surface area contributed by atoms with Gasteiger partial charge in [0.05, 0.1) is 4.90 Å². The van der Waals surface area contributed by atoms with E-state index in [1.54, 1.807) is 12.1 Å². The van der Waals surface area contributed by atoms with Crippen molar-refractivity contribution >= 4 is 15.9 Å². The molecule has 1 aliphatic rings. The van der Waals surface area contributed by atoms with Crippen LogP contribution in [-0.2, 0) is 16.4 Å². The van der Waals surface area contributed by atoms with Gasteiger partial charge in [-0.15, -0.1) is 0 Å². The Bertz CT molecular complexity index is 905. The molecule has 1 fully saturated rings. The first-order valence-electron chi connectivity index (χ1n) is 9.91. The number of carbonyl (C=O) groups is 1. The first kappa shape index (κ1) is 20.6. The summed E-state index contributed by atoms with van der Waals surface area (Å²) >= 11 is 0. The Kier molecular flexibility index (Phi) is 6.86. The molecule has 0 radical (unpaired) electrons. The van der Waals surface area contributed by atoms with Crippen LogP contribution in [0.2, 0.25) is 0 Å². The molecule has 0 spiro atoms. The minimum atomic E-state index is -3.67. The van der Waals surface area contributed by atoms with Crippen LogP contribution in [0.3, 0.4) is 0 Å². The number of carbonyl (C=O) groups excluding carboxylic acids is 1. The molecule has 2 aromatic rings. The largest absolute Gasteiger partial charge is 0.349 e. The summed E-state index contributed by atoms with van der Waals surface area (Å²) in [6.07, 6.45) is 6.07. The standard InChI is InChI=1S/C22H28N2O3S/c1-17-12-13-20(16-21(17)22(25)24-19-10-6-3-7-11-19)28(26,27)23-15-14-18-8-4-2-5-9-18/h2,4-5,8-9,12-13,16,19,23H,3,6-7,10-11,14-15H2,1H3,(H,24,25). The second-order valence-corrected chi connectivity index (χ2v) is 9.19. The lowest BCUT2D eigenvalue weighted by atomic mass is 9.95. The average molecular weight is 401 g/mol. The van der Waals surface area contributed by atoms with Crippen molar-refractivity contribution in [3.8, 4) is 0 Å². The van der Waals surface area contributed by atoms with Gasteiger partial charge in [-0.3, -0.25) is 4.79 Å². The van der Waals surface area contributed by atoms with E-state index in [2.05, 4.69) is 10.0 Å². The van der Waals surface area contributed by atoms with E-state index in [4.69, 9.17) is 0 Å². The van der Waals surface area contributed by atoms with Gasteiger partial charge in [-0.2, -0.15) is 0 Å². The SMILES string of the molecule is Cc1ccc(S(=O)(=O)NCCc2ccccc2)cc1C(=O)NC1CCCCC1. The van der Waals surface area contributed by atoms with Gasteiger partial charge in [0.15, 0.2) is 0 Å². The van der Waals surface area contributed by atoms with Gasteiger partial charge < -0.3 is 5.32 Å². The van der Waals surface area contributed by atoms with Crippen LogP contribution in [0.25, 0.3) is 0 Å². The summed E-state index contributed by atoms with van der Waals surface area (Å²) in [5.41, 5.74) is 2.27. The van der Waals surface area contributed by atoms with Crippen LogP contribution >= 0.6 is 0 Å². The fourth-order valence-corrected chi connectivity index (χ4v) is 4.64. The first-order valence-corrected chi connectivity index (χ1v) is 11.4. The van der Waals surface area contributed by atoms with Crippen molar-refractivity contribution in [1.29, 1.82) is 0 Å². The number of rotatable bonds is 7. The topological polar surface area (TPSA) is 75.3 Å². The van der Waals surface area contributed by atoms with Crippen LogP contribution < -0.4 is 10.0 Å². The Morgan fingerprint density at radius 2 is 1.75 bits per heavy atom. The molecular formula is C22H28N2O3S. The third-order valence-corrected chi connectivity index (χ3v) is 6.71. The monoisotopic (exact) mass is 400 g/mol. The molecule has 150 valence electrons. The fourth-order valence-electron chi connectivity index (χ4n) is 3.58. The normalized spacial score (nSPS) is 15.3. The van der Waals surface area contributed by atoms with Crippen LogP contribution in [0.15, 0.2) is 53.4 Å². The molecule has 0 aliphatic heterocycles. The molecule has 1 saturated carbocycles. The summed E-state index contributed by atoms with van der Waals surface area (Å²) in [5, 5.41) is 3.07.